The number of aromatic nitrogens is 2. The lowest BCUT2D eigenvalue weighted by Crippen LogP contribution is -2.35. The fourth-order valence-electron chi connectivity index (χ4n) is 4.22. The number of aryl methyl sites for hydroxylation is 1. The number of hydrogen-bond donors (Lipinski definition) is 1. The molecule has 2 aromatic heterocycles. The molecule has 1 aliphatic rings. The van der Waals surface area contributed by atoms with Crippen molar-refractivity contribution in [3.05, 3.63) is 47.2 Å². The van der Waals surface area contributed by atoms with Gasteiger partial charge in [0.2, 0.25) is 5.91 Å². The van der Waals surface area contributed by atoms with E-state index in [0.717, 1.165) is 44.8 Å². The molecule has 10 heteroatoms. The van der Waals surface area contributed by atoms with E-state index in [0.29, 0.717) is 11.1 Å². The van der Waals surface area contributed by atoms with Gasteiger partial charge in [-0.3, -0.25) is 9.59 Å². The summed E-state index contributed by atoms with van der Waals surface area (Å²) in [7, 11) is 0. The summed E-state index contributed by atoms with van der Waals surface area (Å²) in [4.78, 5) is 31.5. The third kappa shape index (κ3) is 5.05. The Bertz CT molecular complexity index is 1200. The summed E-state index contributed by atoms with van der Waals surface area (Å²) in [6.07, 6.45) is -0.288. The lowest BCUT2D eigenvalue weighted by Gasteiger charge is -2.20. The maximum atomic E-state index is 13.6. The number of alkyl halides is 3. The van der Waals surface area contributed by atoms with Gasteiger partial charge in [0.1, 0.15) is 0 Å². The molecule has 0 radical (unpaired) electrons. The Morgan fingerprint density at radius 3 is 2.53 bits per heavy atom. The van der Waals surface area contributed by atoms with Crippen LogP contribution in [-0.2, 0) is 11.0 Å². The van der Waals surface area contributed by atoms with Gasteiger partial charge in [-0.1, -0.05) is 36.2 Å². The molecule has 0 unspecified atom stereocenters. The number of fused-ring (bicyclic) bond motifs is 1. The van der Waals surface area contributed by atoms with Gasteiger partial charge in [-0.05, 0) is 31.9 Å². The summed E-state index contributed by atoms with van der Waals surface area (Å²) in [5.74, 6) is -0.559. The topological polar surface area (TPSA) is 88.3 Å². The van der Waals surface area contributed by atoms with Crippen molar-refractivity contribution in [2.24, 2.45) is 0 Å². The molecule has 0 saturated carbocycles. The van der Waals surface area contributed by atoms with Crippen LogP contribution in [0.3, 0.4) is 0 Å². The van der Waals surface area contributed by atoms with Gasteiger partial charge in [-0.25, -0.2) is 4.98 Å². The van der Waals surface area contributed by atoms with Crippen molar-refractivity contribution in [3.63, 3.8) is 0 Å². The van der Waals surface area contributed by atoms with Crippen LogP contribution in [0, 0.1) is 6.92 Å². The first-order chi connectivity index (χ1) is 16.3. The molecule has 180 valence electrons. The SMILES string of the molecule is Cc1noc2nc(-c3ccccc3C(F)(F)F)cc(C(=O)NCCC(=O)N3CCCCCC3)c12. The first-order valence-electron chi connectivity index (χ1n) is 11.3. The van der Waals surface area contributed by atoms with Gasteiger partial charge in [0.25, 0.3) is 11.6 Å². The number of nitrogens with zero attached hydrogens (tertiary/aromatic N) is 3. The number of halogens is 3. The number of nitrogens with one attached hydrogen (secondary N) is 1. The number of carbonyl (C=O) groups is 2. The van der Waals surface area contributed by atoms with Crippen molar-refractivity contribution in [1.82, 2.24) is 20.4 Å². The second kappa shape index (κ2) is 9.82. The van der Waals surface area contributed by atoms with Crippen molar-refractivity contribution in [2.75, 3.05) is 19.6 Å². The van der Waals surface area contributed by atoms with Crippen LogP contribution in [0.1, 0.15) is 53.7 Å². The predicted octanol–water partition coefficient (Wildman–Crippen LogP) is 4.74. The second-order valence-electron chi connectivity index (χ2n) is 8.35. The summed E-state index contributed by atoms with van der Waals surface area (Å²) >= 11 is 0. The van der Waals surface area contributed by atoms with Gasteiger partial charge in [0.15, 0.2) is 0 Å². The number of benzene rings is 1. The molecule has 3 aromatic rings. The van der Waals surface area contributed by atoms with Crippen molar-refractivity contribution >= 4 is 22.9 Å². The molecule has 0 aliphatic carbocycles. The standard InChI is InChI=1S/C24H25F3N4O3/c1-15-21-17(22(33)28-11-10-20(32)31-12-6-2-3-7-13-31)14-19(29-23(21)34-30-15)16-8-4-5-9-18(16)24(25,26)27/h4-5,8-9,14H,2-3,6-7,10-13H2,1H3,(H,28,33). The first kappa shape index (κ1) is 23.7. The minimum Gasteiger partial charge on any atom is -0.351 e. The molecule has 1 aliphatic heterocycles. The van der Waals surface area contributed by atoms with E-state index in [1.165, 1.54) is 24.3 Å². The Balaban J connectivity index is 1.58. The average Bonchev–Trinajstić information content (AvgIpc) is 3.00. The molecule has 1 aromatic carbocycles. The van der Waals surface area contributed by atoms with E-state index in [1.807, 2.05) is 4.90 Å². The highest BCUT2D eigenvalue weighted by Gasteiger charge is 2.34. The number of hydrogen-bond acceptors (Lipinski definition) is 5. The predicted molar refractivity (Wildman–Crippen MR) is 119 cm³/mol. The summed E-state index contributed by atoms with van der Waals surface area (Å²) in [6, 6.07) is 6.32. The van der Waals surface area contributed by atoms with Gasteiger partial charge in [-0.2, -0.15) is 13.2 Å². The van der Waals surface area contributed by atoms with Gasteiger partial charge in [0.05, 0.1) is 27.9 Å². The molecule has 0 atom stereocenters. The smallest absolute Gasteiger partial charge is 0.351 e. The second-order valence-corrected chi connectivity index (χ2v) is 8.35. The molecule has 0 spiro atoms. The third-order valence-electron chi connectivity index (χ3n) is 5.95. The van der Waals surface area contributed by atoms with Crippen LogP contribution in [0.4, 0.5) is 13.2 Å². The number of carbonyl (C=O) groups excluding carboxylic acids is 2. The fourth-order valence-corrected chi connectivity index (χ4v) is 4.22. The molecular weight excluding hydrogens is 449 g/mol. The minimum atomic E-state index is -4.60. The molecule has 34 heavy (non-hydrogen) atoms. The van der Waals surface area contributed by atoms with E-state index in [1.54, 1.807) is 6.92 Å². The summed E-state index contributed by atoms with van der Waals surface area (Å²) in [5, 5.41) is 6.86. The van der Waals surface area contributed by atoms with Gasteiger partial charge < -0.3 is 14.7 Å². The Labute approximate surface area is 194 Å². The van der Waals surface area contributed by atoms with Crippen LogP contribution >= 0.6 is 0 Å². The zero-order valence-electron chi connectivity index (χ0n) is 18.7. The molecule has 1 N–H and O–H groups in total. The van der Waals surface area contributed by atoms with Crippen LogP contribution in [0.15, 0.2) is 34.9 Å². The van der Waals surface area contributed by atoms with Crippen LogP contribution in [-0.4, -0.2) is 46.5 Å². The van der Waals surface area contributed by atoms with Gasteiger partial charge >= 0.3 is 6.18 Å². The van der Waals surface area contributed by atoms with Crippen molar-refractivity contribution in [1.29, 1.82) is 0 Å². The number of likely N-dealkylation sites (tertiary alicyclic amines) is 1. The molecule has 2 amide bonds. The monoisotopic (exact) mass is 474 g/mol. The summed E-state index contributed by atoms with van der Waals surface area (Å²) < 4.78 is 45.8. The Morgan fingerprint density at radius 1 is 1.12 bits per heavy atom. The number of rotatable bonds is 5. The summed E-state index contributed by atoms with van der Waals surface area (Å²) in [5.41, 5.74) is -0.633. The average molecular weight is 474 g/mol. The van der Waals surface area contributed by atoms with Crippen molar-refractivity contribution < 1.29 is 27.3 Å². The zero-order valence-corrected chi connectivity index (χ0v) is 18.7. The Kier molecular flexibility index (Phi) is 6.85. The fraction of sp³-hybridized carbons (Fsp3) is 0.417. The van der Waals surface area contributed by atoms with Gasteiger partial charge in [-0.15, -0.1) is 0 Å². The molecule has 3 heterocycles. The molecule has 4 rings (SSSR count). The summed E-state index contributed by atoms with van der Waals surface area (Å²) in [6.45, 7) is 3.17. The minimum absolute atomic E-state index is 0.0250. The Hall–Kier alpha value is -3.43. The quantitative estimate of drug-likeness (QED) is 0.577. The zero-order chi connectivity index (χ0) is 24.3. The third-order valence-corrected chi connectivity index (χ3v) is 5.95. The van der Waals surface area contributed by atoms with Crippen molar-refractivity contribution in [2.45, 2.75) is 45.2 Å². The highest BCUT2D eigenvalue weighted by Crippen LogP contribution is 2.37. The van der Waals surface area contributed by atoms with E-state index >= 15 is 0 Å². The van der Waals surface area contributed by atoms with Crippen LogP contribution in [0.5, 0.6) is 0 Å². The molecule has 1 fully saturated rings. The maximum Gasteiger partial charge on any atom is 0.417 e. The molecule has 7 nitrogen and oxygen atoms in total. The van der Waals surface area contributed by atoms with E-state index in [-0.39, 0.29) is 41.4 Å². The number of pyridine rings is 1. The highest BCUT2D eigenvalue weighted by atomic mass is 19.4. The van der Waals surface area contributed by atoms with E-state index < -0.39 is 17.6 Å². The lowest BCUT2D eigenvalue weighted by molar-refractivity contribution is -0.137. The lowest BCUT2D eigenvalue weighted by atomic mass is 10.0. The van der Waals surface area contributed by atoms with Crippen LogP contribution in [0.25, 0.3) is 22.4 Å². The van der Waals surface area contributed by atoms with Gasteiger partial charge in [0, 0.05) is 31.6 Å². The molecular formula is C24H25F3N4O3. The Morgan fingerprint density at radius 2 is 1.82 bits per heavy atom. The molecule has 0 bridgehead atoms. The largest absolute Gasteiger partial charge is 0.417 e. The van der Waals surface area contributed by atoms with Crippen LogP contribution < -0.4 is 5.32 Å². The van der Waals surface area contributed by atoms with E-state index in [9.17, 15) is 22.8 Å². The first-order valence-corrected chi connectivity index (χ1v) is 11.3. The number of amides is 2. The van der Waals surface area contributed by atoms with E-state index in [4.69, 9.17) is 4.52 Å². The highest BCUT2D eigenvalue weighted by molar-refractivity contribution is 6.07. The maximum absolute atomic E-state index is 13.6. The normalized spacial score (nSPS) is 14.8. The van der Waals surface area contributed by atoms with E-state index in [2.05, 4.69) is 15.5 Å². The molecule has 1 saturated heterocycles. The van der Waals surface area contributed by atoms with Crippen LogP contribution in [0.2, 0.25) is 0 Å². The van der Waals surface area contributed by atoms with Crippen molar-refractivity contribution in [3.8, 4) is 11.3 Å².